The fourth-order valence-electron chi connectivity index (χ4n) is 6.05. The van der Waals surface area contributed by atoms with E-state index in [2.05, 4.69) is 102 Å². The van der Waals surface area contributed by atoms with Gasteiger partial charge in [0.2, 0.25) is 0 Å². The molecule has 0 aliphatic carbocycles. The smallest absolute Gasteiger partial charge is 0.135 e. The maximum atomic E-state index is 9.92. The molecule has 6 aromatic carbocycles. The van der Waals surface area contributed by atoms with Gasteiger partial charge in [-0.25, -0.2) is 0 Å². The molecule has 0 fully saturated rings. The van der Waals surface area contributed by atoms with E-state index in [9.17, 15) is 5.26 Å². The van der Waals surface area contributed by atoms with Gasteiger partial charge in [-0.2, -0.15) is 5.26 Å². The van der Waals surface area contributed by atoms with Crippen LogP contribution in [-0.2, 0) is 0 Å². The Balaban J connectivity index is 1.45. The molecule has 0 atom stereocenters. The molecule has 0 amide bonds. The summed E-state index contributed by atoms with van der Waals surface area (Å²) in [5.74, 6) is 0. The lowest BCUT2D eigenvalue weighted by Crippen LogP contribution is -1.93. The molecule has 2 aromatic heterocycles. The van der Waals surface area contributed by atoms with Crippen LogP contribution in [0.1, 0.15) is 5.56 Å². The van der Waals surface area contributed by atoms with Gasteiger partial charge in [0.15, 0.2) is 0 Å². The largest absolute Gasteiger partial charge is 0.456 e. The average molecular weight is 511 g/mol. The zero-order valence-electron chi connectivity index (χ0n) is 21.5. The van der Waals surface area contributed by atoms with Crippen LogP contribution in [-0.4, -0.2) is 4.57 Å². The monoisotopic (exact) mass is 510 g/mol. The van der Waals surface area contributed by atoms with Crippen LogP contribution in [0.5, 0.6) is 0 Å². The van der Waals surface area contributed by atoms with Gasteiger partial charge in [-0.05, 0) is 71.3 Å². The molecular weight excluding hydrogens is 488 g/mol. The molecule has 2 heterocycles. The van der Waals surface area contributed by atoms with Crippen LogP contribution in [0.25, 0.3) is 71.7 Å². The molecule has 3 nitrogen and oxygen atoms in total. The number of furan rings is 1. The second kappa shape index (κ2) is 8.73. The topological polar surface area (TPSA) is 41.9 Å². The van der Waals surface area contributed by atoms with Crippen molar-refractivity contribution in [1.82, 2.24) is 4.57 Å². The summed E-state index contributed by atoms with van der Waals surface area (Å²) in [5, 5.41) is 14.4. The average Bonchev–Trinajstić information content (AvgIpc) is 3.56. The maximum Gasteiger partial charge on any atom is 0.135 e. The van der Waals surface area contributed by atoms with E-state index in [0.717, 1.165) is 71.7 Å². The van der Waals surface area contributed by atoms with E-state index in [1.165, 1.54) is 0 Å². The van der Waals surface area contributed by atoms with E-state index in [1.807, 2.05) is 42.5 Å². The van der Waals surface area contributed by atoms with Gasteiger partial charge in [-0.1, -0.05) is 78.9 Å². The highest BCUT2D eigenvalue weighted by molar-refractivity contribution is 6.17. The molecule has 40 heavy (non-hydrogen) atoms. The second-order valence-electron chi connectivity index (χ2n) is 10.1. The van der Waals surface area contributed by atoms with Gasteiger partial charge in [0, 0.05) is 32.8 Å². The highest BCUT2D eigenvalue weighted by Gasteiger charge is 2.18. The lowest BCUT2D eigenvalue weighted by atomic mass is 9.94. The van der Waals surface area contributed by atoms with Crippen LogP contribution >= 0.6 is 0 Å². The number of nitrogens with zero attached hydrogens (tertiary/aromatic N) is 2. The molecule has 186 valence electrons. The summed E-state index contributed by atoms with van der Waals surface area (Å²) < 4.78 is 8.40. The number of aromatic nitrogens is 1. The van der Waals surface area contributed by atoms with Crippen molar-refractivity contribution in [2.45, 2.75) is 0 Å². The van der Waals surface area contributed by atoms with Crippen molar-refractivity contribution in [1.29, 1.82) is 5.26 Å². The first-order valence-corrected chi connectivity index (χ1v) is 13.3. The van der Waals surface area contributed by atoms with Crippen LogP contribution in [0.4, 0.5) is 0 Å². The third kappa shape index (κ3) is 3.30. The molecule has 3 heteroatoms. The van der Waals surface area contributed by atoms with Crippen LogP contribution < -0.4 is 0 Å². The number of fused-ring (bicyclic) bond motifs is 6. The quantitative estimate of drug-likeness (QED) is 0.237. The van der Waals surface area contributed by atoms with Gasteiger partial charge in [-0.3, -0.25) is 0 Å². The Kier molecular flexibility index (Phi) is 4.89. The molecule has 0 aliphatic heterocycles. The first-order valence-electron chi connectivity index (χ1n) is 13.3. The number of benzene rings is 6. The van der Waals surface area contributed by atoms with E-state index >= 15 is 0 Å². The van der Waals surface area contributed by atoms with E-state index in [0.29, 0.717) is 5.56 Å². The molecule has 0 bridgehead atoms. The normalized spacial score (nSPS) is 11.5. The van der Waals surface area contributed by atoms with Gasteiger partial charge in [0.1, 0.15) is 11.2 Å². The predicted molar refractivity (Wildman–Crippen MR) is 164 cm³/mol. The fourth-order valence-corrected chi connectivity index (χ4v) is 6.05. The minimum absolute atomic E-state index is 0.670. The third-order valence-electron chi connectivity index (χ3n) is 7.85. The number of nitriles is 1. The SMILES string of the molecule is N#Cc1ccccc1-c1cccc2c1c1cc(-c3ccc4oc5ccccc5c4c3)ccc1n2-c1ccccc1. The molecule has 0 aliphatic rings. The number of para-hydroxylation sites is 2. The highest BCUT2D eigenvalue weighted by Crippen LogP contribution is 2.41. The summed E-state index contributed by atoms with van der Waals surface area (Å²) >= 11 is 0. The summed E-state index contributed by atoms with van der Waals surface area (Å²) in [5.41, 5.74) is 10.1. The van der Waals surface area contributed by atoms with Crippen molar-refractivity contribution in [3.05, 3.63) is 139 Å². The van der Waals surface area contributed by atoms with Gasteiger partial charge in [0.25, 0.3) is 0 Å². The summed E-state index contributed by atoms with van der Waals surface area (Å²) in [7, 11) is 0. The summed E-state index contributed by atoms with van der Waals surface area (Å²) in [6, 6.07) is 48.4. The number of hydrogen-bond donors (Lipinski definition) is 0. The van der Waals surface area contributed by atoms with Crippen molar-refractivity contribution in [2.75, 3.05) is 0 Å². The fraction of sp³-hybridized carbons (Fsp3) is 0. The van der Waals surface area contributed by atoms with E-state index in [1.54, 1.807) is 0 Å². The Morgan fingerprint density at radius 1 is 0.525 bits per heavy atom. The zero-order chi connectivity index (χ0) is 26.6. The minimum atomic E-state index is 0.670. The summed E-state index contributed by atoms with van der Waals surface area (Å²) in [4.78, 5) is 0. The molecule has 8 rings (SSSR count). The van der Waals surface area contributed by atoms with Crippen LogP contribution in [0.3, 0.4) is 0 Å². The first kappa shape index (κ1) is 22.4. The maximum absolute atomic E-state index is 9.92. The lowest BCUT2D eigenvalue weighted by molar-refractivity contribution is 0.669. The van der Waals surface area contributed by atoms with Crippen molar-refractivity contribution >= 4 is 43.7 Å². The van der Waals surface area contributed by atoms with Gasteiger partial charge >= 0.3 is 0 Å². The molecule has 0 radical (unpaired) electrons. The molecule has 0 spiro atoms. The van der Waals surface area contributed by atoms with Crippen molar-refractivity contribution < 1.29 is 4.42 Å². The van der Waals surface area contributed by atoms with E-state index in [-0.39, 0.29) is 0 Å². The standard InChI is InChI=1S/C37H22N2O/c38-23-26-9-4-5-12-28(26)30-14-8-15-34-37(30)32-22-24(17-19-33(32)39(34)27-10-2-1-3-11-27)25-18-20-36-31(21-25)29-13-6-7-16-35(29)40-36/h1-22H. The van der Waals surface area contributed by atoms with Gasteiger partial charge < -0.3 is 8.98 Å². The summed E-state index contributed by atoms with van der Waals surface area (Å²) in [6.45, 7) is 0. The molecular formula is C37H22N2O. The lowest BCUT2D eigenvalue weighted by Gasteiger charge is -2.09. The van der Waals surface area contributed by atoms with Crippen molar-refractivity contribution in [3.8, 4) is 34.0 Å². The molecule has 0 saturated carbocycles. The van der Waals surface area contributed by atoms with E-state index in [4.69, 9.17) is 4.42 Å². The van der Waals surface area contributed by atoms with Crippen molar-refractivity contribution in [3.63, 3.8) is 0 Å². The Bertz CT molecular complexity index is 2280. The Hall–Kier alpha value is -5.59. The molecule has 0 N–H and O–H groups in total. The molecule has 0 saturated heterocycles. The Labute approximate surface area is 230 Å². The van der Waals surface area contributed by atoms with E-state index < -0.39 is 0 Å². The van der Waals surface area contributed by atoms with Crippen LogP contribution in [0, 0.1) is 11.3 Å². The van der Waals surface area contributed by atoms with Crippen LogP contribution in [0.15, 0.2) is 138 Å². The van der Waals surface area contributed by atoms with Crippen LogP contribution in [0.2, 0.25) is 0 Å². The summed E-state index contributed by atoms with van der Waals surface area (Å²) in [6.07, 6.45) is 0. The highest BCUT2D eigenvalue weighted by atomic mass is 16.3. The Morgan fingerprint density at radius 2 is 1.23 bits per heavy atom. The third-order valence-corrected chi connectivity index (χ3v) is 7.85. The predicted octanol–water partition coefficient (Wildman–Crippen LogP) is 9.89. The van der Waals surface area contributed by atoms with Gasteiger partial charge in [-0.15, -0.1) is 0 Å². The van der Waals surface area contributed by atoms with Crippen molar-refractivity contribution in [2.24, 2.45) is 0 Å². The molecule has 8 aromatic rings. The second-order valence-corrected chi connectivity index (χ2v) is 10.1. The number of hydrogen-bond acceptors (Lipinski definition) is 2. The first-order chi connectivity index (χ1) is 19.8. The zero-order valence-corrected chi connectivity index (χ0v) is 21.5. The minimum Gasteiger partial charge on any atom is -0.456 e. The molecule has 0 unspecified atom stereocenters. The Morgan fingerprint density at radius 3 is 2.10 bits per heavy atom. The van der Waals surface area contributed by atoms with Gasteiger partial charge in [0.05, 0.1) is 22.7 Å². The number of rotatable bonds is 3.